The maximum Gasteiger partial charge on any atom is 0.222 e. The Labute approximate surface area is 306 Å². The molecule has 0 saturated carbocycles. The van der Waals surface area contributed by atoms with Crippen LogP contribution in [0.2, 0.25) is 0 Å². The van der Waals surface area contributed by atoms with Gasteiger partial charge in [0.2, 0.25) is 5.91 Å². The van der Waals surface area contributed by atoms with Crippen LogP contribution >= 0.6 is 0 Å². The molecule has 0 radical (unpaired) electrons. The Morgan fingerprint density at radius 2 is 0.837 bits per heavy atom. The second-order valence-electron chi connectivity index (χ2n) is 15.3. The molecule has 3 unspecified atom stereocenters. The number of hydrogen-bond donors (Lipinski definition) is 4. The van der Waals surface area contributed by atoms with Crippen LogP contribution in [0, 0.1) is 0 Å². The van der Waals surface area contributed by atoms with Gasteiger partial charge in [-0.3, -0.25) is 4.79 Å². The molecule has 5 heteroatoms. The van der Waals surface area contributed by atoms with Gasteiger partial charge in [0.1, 0.15) is 0 Å². The van der Waals surface area contributed by atoms with Gasteiger partial charge in [0.15, 0.2) is 0 Å². The predicted molar refractivity (Wildman–Crippen MR) is 213 cm³/mol. The minimum atomic E-state index is -0.922. The lowest BCUT2D eigenvalue weighted by Crippen LogP contribution is -2.45. The molecular weight excluding hydrogens is 606 g/mol. The first kappa shape index (κ1) is 48.1. The van der Waals surface area contributed by atoms with Gasteiger partial charge < -0.3 is 20.6 Å². The van der Waals surface area contributed by atoms with Crippen molar-refractivity contribution in [1.82, 2.24) is 5.32 Å². The van der Waals surface area contributed by atoms with E-state index in [9.17, 15) is 20.1 Å². The molecule has 1 amide bonds. The van der Waals surface area contributed by atoms with Crippen molar-refractivity contribution in [3.8, 4) is 0 Å². The van der Waals surface area contributed by atoms with Crippen LogP contribution in [0.5, 0.6) is 0 Å². The zero-order valence-corrected chi connectivity index (χ0v) is 33.1. The second-order valence-corrected chi connectivity index (χ2v) is 15.3. The van der Waals surface area contributed by atoms with E-state index in [1.807, 2.05) is 6.08 Å². The third-order valence-corrected chi connectivity index (χ3v) is 10.3. The summed E-state index contributed by atoms with van der Waals surface area (Å²) in [6.45, 7) is 4.20. The molecule has 0 bridgehead atoms. The number of allylic oxidation sites excluding steroid dienone is 1. The standard InChI is InChI=1S/C44H87NO4/c1-3-5-7-9-11-13-15-16-17-18-19-20-21-22-23-24-25-26-27-28-29-31-33-35-37-41(47)39-44(49)45-42(40-46)43(48)38-36-34-32-30-14-12-10-8-6-4-2/h36,38,41-43,46-48H,3-35,37,39-40H2,1-2H3,(H,45,49)/b38-36+. The number of carbonyl (C=O) groups excluding carboxylic acids is 1. The number of amides is 1. The lowest BCUT2D eigenvalue weighted by atomic mass is 10.0. The van der Waals surface area contributed by atoms with Gasteiger partial charge in [-0.25, -0.2) is 0 Å². The molecule has 0 aromatic rings. The van der Waals surface area contributed by atoms with Gasteiger partial charge in [-0.05, 0) is 19.3 Å². The van der Waals surface area contributed by atoms with Gasteiger partial charge in [-0.2, -0.15) is 0 Å². The van der Waals surface area contributed by atoms with Crippen LogP contribution in [-0.2, 0) is 4.79 Å². The highest BCUT2D eigenvalue weighted by Crippen LogP contribution is 2.16. The molecule has 0 rings (SSSR count). The van der Waals surface area contributed by atoms with Crippen molar-refractivity contribution < 1.29 is 20.1 Å². The second kappa shape index (κ2) is 39.9. The van der Waals surface area contributed by atoms with Gasteiger partial charge in [0, 0.05) is 0 Å². The lowest BCUT2D eigenvalue weighted by Gasteiger charge is -2.21. The molecule has 0 aliphatic rings. The molecule has 49 heavy (non-hydrogen) atoms. The minimum absolute atomic E-state index is 0.0184. The Morgan fingerprint density at radius 1 is 0.510 bits per heavy atom. The monoisotopic (exact) mass is 694 g/mol. The van der Waals surface area contributed by atoms with Gasteiger partial charge >= 0.3 is 0 Å². The van der Waals surface area contributed by atoms with E-state index in [-0.39, 0.29) is 18.9 Å². The topological polar surface area (TPSA) is 89.8 Å². The maximum atomic E-state index is 12.4. The van der Waals surface area contributed by atoms with Gasteiger partial charge in [-0.1, -0.05) is 225 Å². The molecule has 0 saturated heterocycles. The van der Waals surface area contributed by atoms with E-state index in [0.717, 1.165) is 25.7 Å². The zero-order valence-electron chi connectivity index (χ0n) is 33.1. The molecule has 3 atom stereocenters. The number of aliphatic hydroxyl groups is 3. The van der Waals surface area contributed by atoms with Crippen LogP contribution < -0.4 is 5.32 Å². The fourth-order valence-electron chi connectivity index (χ4n) is 6.93. The van der Waals surface area contributed by atoms with E-state index >= 15 is 0 Å². The number of rotatable bonds is 40. The Kier molecular flexibility index (Phi) is 39.1. The van der Waals surface area contributed by atoms with Crippen LogP contribution in [0.1, 0.15) is 239 Å². The fraction of sp³-hybridized carbons (Fsp3) is 0.932. The van der Waals surface area contributed by atoms with Crippen LogP contribution in [0.25, 0.3) is 0 Å². The summed E-state index contributed by atoms with van der Waals surface area (Å²) < 4.78 is 0. The highest BCUT2D eigenvalue weighted by atomic mass is 16.3. The van der Waals surface area contributed by atoms with Crippen molar-refractivity contribution in [3.05, 3.63) is 12.2 Å². The van der Waals surface area contributed by atoms with E-state index in [1.54, 1.807) is 6.08 Å². The van der Waals surface area contributed by atoms with Crippen LogP contribution in [0.3, 0.4) is 0 Å². The summed E-state index contributed by atoms with van der Waals surface area (Å²) in [7, 11) is 0. The summed E-state index contributed by atoms with van der Waals surface area (Å²) in [5, 5.41) is 33.1. The normalized spacial score (nSPS) is 13.7. The van der Waals surface area contributed by atoms with Gasteiger partial charge in [0.05, 0.1) is 31.3 Å². The summed E-state index contributed by atoms with van der Waals surface area (Å²) in [6, 6.07) is -0.737. The first-order valence-electron chi connectivity index (χ1n) is 22.0. The summed E-state index contributed by atoms with van der Waals surface area (Å²) in [5.41, 5.74) is 0. The summed E-state index contributed by atoms with van der Waals surface area (Å²) in [6.07, 6.45) is 46.5. The molecule has 0 aliphatic heterocycles. The number of carbonyl (C=O) groups is 1. The molecule has 0 aromatic heterocycles. The SMILES string of the molecule is CCCCCCCCCC/C=C/C(O)C(CO)NC(=O)CC(O)CCCCCCCCCCCCCCCCCCCCCCCCCC. The molecular formula is C44H87NO4. The van der Waals surface area contributed by atoms with Crippen LogP contribution in [-0.4, -0.2) is 46.1 Å². The summed E-state index contributed by atoms with van der Waals surface area (Å²) >= 11 is 0. The Hall–Kier alpha value is -0.910. The summed E-state index contributed by atoms with van der Waals surface area (Å²) in [5.74, 6) is -0.314. The van der Waals surface area contributed by atoms with Crippen molar-refractivity contribution in [2.75, 3.05) is 6.61 Å². The number of aliphatic hydroxyl groups excluding tert-OH is 3. The molecule has 4 N–H and O–H groups in total. The molecule has 0 heterocycles. The van der Waals surface area contributed by atoms with Crippen LogP contribution in [0.4, 0.5) is 0 Å². The zero-order chi connectivity index (χ0) is 35.9. The quantitative estimate of drug-likeness (QED) is 0.0380. The number of nitrogens with one attached hydrogen (secondary N) is 1. The molecule has 292 valence electrons. The lowest BCUT2D eigenvalue weighted by molar-refractivity contribution is -0.124. The Bertz CT molecular complexity index is 684. The van der Waals surface area contributed by atoms with Crippen molar-refractivity contribution in [2.45, 2.75) is 257 Å². The van der Waals surface area contributed by atoms with Gasteiger partial charge in [0.25, 0.3) is 0 Å². The van der Waals surface area contributed by atoms with E-state index in [0.29, 0.717) is 6.42 Å². The molecule has 0 spiro atoms. The smallest absolute Gasteiger partial charge is 0.222 e. The molecule has 0 fully saturated rings. The van der Waals surface area contributed by atoms with Crippen molar-refractivity contribution >= 4 is 5.91 Å². The van der Waals surface area contributed by atoms with Crippen molar-refractivity contribution in [3.63, 3.8) is 0 Å². The highest BCUT2D eigenvalue weighted by Gasteiger charge is 2.20. The average molecular weight is 694 g/mol. The maximum absolute atomic E-state index is 12.4. The van der Waals surface area contributed by atoms with Gasteiger partial charge in [-0.15, -0.1) is 0 Å². The minimum Gasteiger partial charge on any atom is -0.394 e. The molecule has 5 nitrogen and oxygen atoms in total. The van der Waals surface area contributed by atoms with E-state index in [1.165, 1.54) is 186 Å². The fourth-order valence-corrected chi connectivity index (χ4v) is 6.93. The van der Waals surface area contributed by atoms with E-state index in [4.69, 9.17) is 0 Å². The Balaban J connectivity index is 3.53. The predicted octanol–water partition coefficient (Wildman–Crippen LogP) is 12.4. The van der Waals surface area contributed by atoms with E-state index < -0.39 is 18.2 Å². The third kappa shape index (κ3) is 36.7. The molecule has 0 aliphatic carbocycles. The molecule has 0 aromatic carbocycles. The van der Waals surface area contributed by atoms with E-state index in [2.05, 4.69) is 19.2 Å². The third-order valence-electron chi connectivity index (χ3n) is 10.3. The van der Waals surface area contributed by atoms with Crippen molar-refractivity contribution in [2.24, 2.45) is 0 Å². The van der Waals surface area contributed by atoms with Crippen LogP contribution in [0.15, 0.2) is 12.2 Å². The average Bonchev–Trinajstić information content (AvgIpc) is 3.09. The van der Waals surface area contributed by atoms with Crippen molar-refractivity contribution in [1.29, 1.82) is 0 Å². The largest absolute Gasteiger partial charge is 0.394 e. The summed E-state index contributed by atoms with van der Waals surface area (Å²) in [4.78, 5) is 12.4. The number of unbranched alkanes of at least 4 members (excludes halogenated alkanes) is 31. The number of hydrogen-bond acceptors (Lipinski definition) is 4. The highest BCUT2D eigenvalue weighted by molar-refractivity contribution is 5.76. The Morgan fingerprint density at radius 3 is 1.18 bits per heavy atom. The first-order valence-corrected chi connectivity index (χ1v) is 22.0. The first-order chi connectivity index (χ1) is 24.0.